The van der Waals surface area contributed by atoms with E-state index in [-0.39, 0.29) is 0 Å². The van der Waals surface area contributed by atoms with Gasteiger partial charge in [0.1, 0.15) is 129 Å². The van der Waals surface area contributed by atoms with Crippen molar-refractivity contribution in [3.8, 4) is 0 Å². The van der Waals surface area contributed by atoms with E-state index in [0.717, 1.165) is 52.4 Å². The minimum atomic E-state index is -3.17. The molecule has 0 atom stereocenters. The molecule has 0 fully saturated rings. The number of aryl methyl sites for hydroxylation is 16. The van der Waals surface area contributed by atoms with Crippen molar-refractivity contribution in [1.82, 2.24) is 36.5 Å². The first-order valence-corrected chi connectivity index (χ1v) is 36.9. The zero-order chi connectivity index (χ0) is 80.5. The van der Waals surface area contributed by atoms with Gasteiger partial charge in [0.25, 0.3) is 46.6 Å². The maximum atomic E-state index is 9.89. The van der Waals surface area contributed by atoms with E-state index in [9.17, 15) is 17.3 Å². The van der Waals surface area contributed by atoms with Gasteiger partial charge >= 0.3 is 0 Å². The summed E-state index contributed by atoms with van der Waals surface area (Å²) in [5, 5.41) is 66.4. The third-order valence-corrected chi connectivity index (χ3v) is 17.2. The van der Waals surface area contributed by atoms with Crippen LogP contribution in [0.1, 0.15) is 205 Å². The Hall–Kier alpha value is -6.66. The largest absolute Gasteiger partial charge is 0.867 e. The highest BCUT2D eigenvalue weighted by Gasteiger charge is 2.13. The molecule has 0 unspecified atom stereocenters. The number of halogens is 4. The number of hydrogen-bond acceptors (Lipinski definition) is 8. The summed E-state index contributed by atoms with van der Waals surface area (Å²) < 4.78 is 75.1. The number of unbranched alkanes of at least 4 members (excludes halogenated alkanes) is 8. The zero-order valence-corrected chi connectivity index (χ0v) is 68.5. The Morgan fingerprint density at radius 1 is 0.221 bits per heavy atom. The molecule has 8 rings (SSSR count). The van der Waals surface area contributed by atoms with E-state index in [1.165, 1.54) is 149 Å². The molecule has 24 nitrogen and oxygen atoms in total. The zero-order valence-electron chi connectivity index (χ0n) is 68.5. The van der Waals surface area contributed by atoms with Gasteiger partial charge in [-0.3, -0.25) is 0 Å². The van der Waals surface area contributed by atoms with Crippen molar-refractivity contribution in [2.75, 3.05) is 0 Å². The lowest BCUT2D eigenvalue weighted by Crippen LogP contribution is -2.39. The van der Waals surface area contributed by atoms with E-state index >= 15 is 0 Å². The average Bonchev–Trinajstić information content (AvgIpc) is 1.84. The van der Waals surface area contributed by atoms with Gasteiger partial charge in [0.15, 0.2) is 0 Å². The van der Waals surface area contributed by atoms with E-state index in [1.54, 1.807) is 0 Å². The summed E-state index contributed by atoms with van der Waals surface area (Å²) in [4.78, 5) is 0. The molecule has 0 N–H and O–H groups in total. The summed E-state index contributed by atoms with van der Waals surface area (Å²) in [6.45, 7) is 44.2. The van der Waals surface area contributed by atoms with Crippen molar-refractivity contribution < 1.29 is 94.0 Å². The van der Waals surface area contributed by atoms with Crippen LogP contribution in [0.15, 0.2) is 99.1 Å². The smallest absolute Gasteiger partial charge is 0.253 e. The van der Waals surface area contributed by atoms with Crippen LogP contribution in [0.2, 0.25) is 0 Å². The SMILES string of the molecule is CCCCn1cc[n+](C)c1C.CCCCn1cc[n+](C)c1C.CCCCn1cc[n+](C)c1C.CCCCn1cc[n+](C)c1C.CCCCn1cc[n+](C)c1C.CCCCn1cc[n+](C)c1C.CCCCn1cc[n+](C)c1C.CCCCn1cc[n+](C)c1C.[O-]B([O-])F.[O-]B([O-])F.[O-]B([O-])F.[O-]B([O-])F. The number of imidazole rings is 8. The summed E-state index contributed by atoms with van der Waals surface area (Å²) in [5.41, 5.74) is 0. The number of nitrogens with zero attached hydrogens (tertiary/aromatic N) is 16. The van der Waals surface area contributed by atoms with Crippen molar-refractivity contribution in [2.24, 2.45) is 56.4 Å². The second-order valence-electron chi connectivity index (χ2n) is 25.1. The van der Waals surface area contributed by atoms with Gasteiger partial charge in [0.05, 0.1) is 109 Å². The van der Waals surface area contributed by atoms with E-state index in [0.29, 0.717) is 0 Å². The van der Waals surface area contributed by atoms with Gasteiger partial charge in [0, 0.05) is 55.4 Å². The van der Waals surface area contributed by atoms with Crippen LogP contribution in [-0.4, -0.2) is 66.1 Å². The van der Waals surface area contributed by atoms with Crippen LogP contribution >= 0.6 is 0 Å². The van der Waals surface area contributed by atoms with Gasteiger partial charge in [-0.25, -0.2) is 73.1 Å². The molecule has 0 aliphatic rings. The molecule has 0 saturated heterocycles. The number of rotatable bonds is 24. The Kier molecular flexibility index (Phi) is 63.4. The Balaban J connectivity index is -0.000000533. The Bertz CT molecular complexity index is 2670. The van der Waals surface area contributed by atoms with Crippen LogP contribution < -0.4 is 76.7 Å². The summed E-state index contributed by atoms with van der Waals surface area (Å²) in [6.07, 6.45) is 54.3. The van der Waals surface area contributed by atoms with Gasteiger partial charge in [-0.1, -0.05) is 107 Å². The van der Waals surface area contributed by atoms with Gasteiger partial charge in [0.2, 0.25) is 0 Å². The van der Waals surface area contributed by atoms with Crippen molar-refractivity contribution in [3.63, 3.8) is 0 Å². The van der Waals surface area contributed by atoms with E-state index in [2.05, 4.69) is 339 Å². The fourth-order valence-corrected chi connectivity index (χ4v) is 9.31. The van der Waals surface area contributed by atoms with Crippen molar-refractivity contribution in [2.45, 2.75) is 266 Å². The molecule has 0 bridgehead atoms. The molecule has 0 saturated carbocycles. The molecular formula is C72H136B4F4N16O8. The molecular weight excluding hydrogens is 1340 g/mol. The van der Waals surface area contributed by atoms with E-state index < -0.39 is 29.6 Å². The van der Waals surface area contributed by atoms with Crippen molar-refractivity contribution in [1.29, 1.82) is 0 Å². The molecule has 8 aromatic rings. The van der Waals surface area contributed by atoms with Gasteiger partial charge < -0.3 is 57.5 Å². The normalized spacial score (nSPS) is 9.88. The monoisotopic (exact) mass is 1470 g/mol. The summed E-state index contributed by atoms with van der Waals surface area (Å²) in [6, 6.07) is 0. The molecule has 0 aliphatic heterocycles. The summed E-state index contributed by atoms with van der Waals surface area (Å²) in [5.74, 6) is 10.7. The maximum absolute atomic E-state index is 9.89. The fourth-order valence-electron chi connectivity index (χ4n) is 9.31. The van der Waals surface area contributed by atoms with Crippen LogP contribution in [0.25, 0.3) is 0 Å². The molecule has 0 aliphatic carbocycles. The first-order valence-electron chi connectivity index (χ1n) is 36.9. The highest BCUT2D eigenvalue weighted by atomic mass is 19.1. The molecule has 8 aromatic heterocycles. The second-order valence-corrected chi connectivity index (χ2v) is 25.1. The Labute approximate surface area is 625 Å². The molecule has 32 heteroatoms. The standard InChI is InChI=1S/8C9H17N2.4BFO2/c8*1-4-5-6-11-8-7-10(3)9(11)2;4*2-1(3)4/h8*7-8H,4-6H2,1-3H3;;;;/q8*+1;4*-2. The maximum Gasteiger partial charge on any atom is 0.253 e. The molecule has 0 amide bonds. The molecule has 104 heavy (non-hydrogen) atoms. The fraction of sp³-hybridized carbons (Fsp3) is 0.667. The minimum Gasteiger partial charge on any atom is -0.867 e. The van der Waals surface area contributed by atoms with Gasteiger partial charge in [-0.05, 0) is 51.4 Å². The number of aromatic nitrogens is 16. The van der Waals surface area contributed by atoms with Gasteiger partial charge in [-0.2, -0.15) is 0 Å². The lowest BCUT2D eigenvalue weighted by Gasteiger charge is -2.09. The lowest BCUT2D eigenvalue weighted by molar-refractivity contribution is -0.677. The van der Waals surface area contributed by atoms with Gasteiger partial charge in [-0.15, -0.1) is 0 Å². The van der Waals surface area contributed by atoms with E-state index in [1.807, 2.05) is 0 Å². The highest BCUT2D eigenvalue weighted by molar-refractivity contribution is 6.27. The molecule has 0 aromatic carbocycles. The Morgan fingerprint density at radius 3 is 0.346 bits per heavy atom. The molecule has 8 heterocycles. The third-order valence-electron chi connectivity index (χ3n) is 17.2. The highest BCUT2D eigenvalue weighted by Crippen LogP contribution is 2.03. The average molecular weight is 1470 g/mol. The van der Waals surface area contributed by atoms with Crippen LogP contribution in [0.5, 0.6) is 0 Å². The lowest BCUT2D eigenvalue weighted by atomic mass is 10.3. The van der Waals surface area contributed by atoms with Crippen LogP contribution in [-0.2, 0) is 109 Å². The van der Waals surface area contributed by atoms with Crippen LogP contribution in [0.3, 0.4) is 0 Å². The van der Waals surface area contributed by atoms with Crippen molar-refractivity contribution >= 4 is 29.6 Å². The minimum absolute atomic E-state index is 1.16. The van der Waals surface area contributed by atoms with Crippen LogP contribution in [0, 0.1) is 55.4 Å². The second kappa shape index (κ2) is 63.6. The van der Waals surface area contributed by atoms with Crippen LogP contribution in [0.4, 0.5) is 17.3 Å². The molecule has 592 valence electrons. The number of hydrogen-bond donors (Lipinski definition) is 0. The predicted molar refractivity (Wildman–Crippen MR) is 389 cm³/mol. The van der Waals surface area contributed by atoms with E-state index in [4.69, 9.17) is 40.2 Å². The quantitative estimate of drug-likeness (QED) is 0.0490. The third kappa shape index (κ3) is 50.7. The molecule has 0 radical (unpaired) electrons. The summed E-state index contributed by atoms with van der Waals surface area (Å²) in [7, 11) is 3.98. The topological polar surface area (TPSA) is 255 Å². The first-order chi connectivity index (χ1) is 49.0. The first kappa shape index (κ1) is 104. The van der Waals surface area contributed by atoms with Crippen molar-refractivity contribution in [3.05, 3.63) is 146 Å². The Morgan fingerprint density at radius 2 is 0.298 bits per heavy atom. The summed E-state index contributed by atoms with van der Waals surface area (Å²) >= 11 is 0. The molecule has 0 spiro atoms. The predicted octanol–water partition coefficient (Wildman–Crippen LogP) is 2.01.